The third-order valence-electron chi connectivity index (χ3n) is 6.49. The molecule has 2 aromatic heterocycles. The monoisotopic (exact) mass is 438 g/mol. The number of hydrogen-bond acceptors (Lipinski definition) is 4. The quantitative estimate of drug-likeness (QED) is 0.359. The van der Waals surface area contributed by atoms with Crippen molar-refractivity contribution in [1.29, 1.82) is 0 Å². The van der Waals surface area contributed by atoms with E-state index in [1.165, 1.54) is 22.1 Å². The van der Waals surface area contributed by atoms with Crippen LogP contribution in [0.25, 0.3) is 23.1 Å². The van der Waals surface area contributed by atoms with Crippen LogP contribution in [0.15, 0.2) is 67.1 Å². The number of aromatic amines is 1. The van der Waals surface area contributed by atoms with Gasteiger partial charge in [0.1, 0.15) is 0 Å². The van der Waals surface area contributed by atoms with Gasteiger partial charge in [-0.15, -0.1) is 0 Å². The van der Waals surface area contributed by atoms with Crippen LogP contribution in [0.5, 0.6) is 0 Å². The SMILES string of the molecule is Cc1c(Nc2ccncc2C=Cc2cccc(CN3CCC(O)CC3)c2)ccc2[nH]ccc12. The van der Waals surface area contributed by atoms with Crippen molar-refractivity contribution in [2.75, 3.05) is 18.4 Å². The maximum absolute atomic E-state index is 9.74. The van der Waals surface area contributed by atoms with Crippen LogP contribution in [0, 0.1) is 6.92 Å². The van der Waals surface area contributed by atoms with E-state index in [1.54, 1.807) is 0 Å². The molecule has 0 radical (unpaired) electrons. The maximum atomic E-state index is 9.74. The molecule has 2 aromatic carbocycles. The molecule has 5 rings (SSSR count). The first-order chi connectivity index (χ1) is 16.2. The van der Waals surface area contributed by atoms with E-state index in [9.17, 15) is 5.11 Å². The van der Waals surface area contributed by atoms with E-state index in [1.807, 2.05) is 24.7 Å². The van der Waals surface area contributed by atoms with Crippen molar-refractivity contribution in [1.82, 2.24) is 14.9 Å². The van der Waals surface area contributed by atoms with Crippen LogP contribution < -0.4 is 5.32 Å². The lowest BCUT2D eigenvalue weighted by Gasteiger charge is -2.29. The number of anilines is 2. The summed E-state index contributed by atoms with van der Waals surface area (Å²) in [6.07, 6.45) is 11.6. The van der Waals surface area contributed by atoms with Crippen LogP contribution >= 0.6 is 0 Å². The van der Waals surface area contributed by atoms with E-state index in [4.69, 9.17) is 0 Å². The number of nitrogens with one attached hydrogen (secondary N) is 2. The van der Waals surface area contributed by atoms with Crippen LogP contribution in [-0.2, 0) is 6.54 Å². The minimum Gasteiger partial charge on any atom is -0.393 e. The summed E-state index contributed by atoms with van der Waals surface area (Å²) in [6, 6.07) is 17.0. The van der Waals surface area contributed by atoms with E-state index >= 15 is 0 Å². The molecule has 0 saturated carbocycles. The summed E-state index contributed by atoms with van der Waals surface area (Å²) >= 11 is 0. The lowest BCUT2D eigenvalue weighted by atomic mass is 10.1. The Morgan fingerprint density at radius 3 is 2.85 bits per heavy atom. The van der Waals surface area contributed by atoms with E-state index < -0.39 is 0 Å². The van der Waals surface area contributed by atoms with Crippen LogP contribution in [0.4, 0.5) is 11.4 Å². The van der Waals surface area contributed by atoms with Crippen molar-refractivity contribution >= 4 is 34.4 Å². The summed E-state index contributed by atoms with van der Waals surface area (Å²) in [4.78, 5) is 10.0. The summed E-state index contributed by atoms with van der Waals surface area (Å²) in [5.41, 5.74) is 8.00. The molecule has 1 fully saturated rings. The van der Waals surface area contributed by atoms with Crippen LogP contribution in [-0.4, -0.2) is 39.2 Å². The molecular formula is C28H30N4O. The molecule has 168 valence electrons. The summed E-state index contributed by atoms with van der Waals surface area (Å²) < 4.78 is 0. The highest BCUT2D eigenvalue weighted by atomic mass is 16.3. The molecule has 1 aliphatic rings. The van der Waals surface area contributed by atoms with Gasteiger partial charge in [0, 0.05) is 66.1 Å². The predicted molar refractivity (Wildman–Crippen MR) is 136 cm³/mol. The second-order valence-electron chi connectivity index (χ2n) is 8.85. The number of piperidine rings is 1. The number of pyridine rings is 1. The molecule has 4 aromatic rings. The van der Waals surface area contributed by atoms with Crippen molar-refractivity contribution in [3.05, 3.63) is 89.4 Å². The van der Waals surface area contributed by atoms with E-state index in [0.717, 1.165) is 54.9 Å². The Kier molecular flexibility index (Phi) is 6.24. The highest BCUT2D eigenvalue weighted by Gasteiger charge is 2.16. The van der Waals surface area contributed by atoms with Gasteiger partial charge >= 0.3 is 0 Å². The molecule has 0 aliphatic carbocycles. The smallest absolute Gasteiger partial charge is 0.0564 e. The number of aryl methyl sites for hydroxylation is 1. The first-order valence-electron chi connectivity index (χ1n) is 11.6. The van der Waals surface area contributed by atoms with Crippen molar-refractivity contribution in [3.8, 4) is 0 Å². The van der Waals surface area contributed by atoms with Gasteiger partial charge < -0.3 is 15.4 Å². The second-order valence-corrected chi connectivity index (χ2v) is 8.85. The van der Waals surface area contributed by atoms with Gasteiger partial charge in [-0.05, 0) is 60.7 Å². The van der Waals surface area contributed by atoms with Crippen molar-refractivity contribution in [2.24, 2.45) is 0 Å². The molecule has 0 amide bonds. The number of rotatable bonds is 6. The lowest BCUT2D eigenvalue weighted by molar-refractivity contribution is 0.0792. The van der Waals surface area contributed by atoms with Crippen molar-refractivity contribution in [3.63, 3.8) is 0 Å². The highest BCUT2D eigenvalue weighted by Crippen LogP contribution is 2.29. The largest absolute Gasteiger partial charge is 0.393 e. The van der Waals surface area contributed by atoms with Gasteiger partial charge in [-0.1, -0.05) is 36.4 Å². The molecule has 0 spiro atoms. The minimum atomic E-state index is -0.133. The fraction of sp³-hybridized carbons (Fsp3) is 0.250. The third-order valence-corrected chi connectivity index (χ3v) is 6.49. The molecule has 0 bridgehead atoms. The first kappa shape index (κ1) is 21.4. The van der Waals surface area contributed by atoms with Crippen molar-refractivity contribution < 1.29 is 5.11 Å². The number of likely N-dealkylation sites (tertiary alicyclic amines) is 1. The van der Waals surface area contributed by atoms with Gasteiger partial charge in [0.25, 0.3) is 0 Å². The zero-order valence-corrected chi connectivity index (χ0v) is 19.0. The number of benzene rings is 2. The molecule has 5 nitrogen and oxygen atoms in total. The van der Waals surface area contributed by atoms with Crippen LogP contribution in [0.1, 0.15) is 35.1 Å². The van der Waals surface area contributed by atoms with Gasteiger partial charge in [-0.3, -0.25) is 9.88 Å². The number of hydrogen-bond donors (Lipinski definition) is 3. The minimum absolute atomic E-state index is 0.133. The molecular weight excluding hydrogens is 408 g/mol. The Hall–Kier alpha value is -3.41. The summed E-state index contributed by atoms with van der Waals surface area (Å²) in [7, 11) is 0. The number of H-pyrrole nitrogens is 1. The molecule has 5 heteroatoms. The zero-order valence-electron chi connectivity index (χ0n) is 19.0. The Bertz CT molecular complexity index is 1270. The maximum Gasteiger partial charge on any atom is 0.0564 e. The molecule has 0 unspecified atom stereocenters. The van der Waals surface area contributed by atoms with Crippen LogP contribution in [0.3, 0.4) is 0 Å². The first-order valence-corrected chi connectivity index (χ1v) is 11.6. The Labute approximate surface area is 194 Å². The van der Waals surface area contributed by atoms with E-state index in [0.29, 0.717) is 0 Å². The van der Waals surface area contributed by atoms with Gasteiger partial charge in [-0.2, -0.15) is 0 Å². The molecule has 0 atom stereocenters. The molecule has 3 N–H and O–H groups in total. The number of aromatic nitrogens is 2. The zero-order chi connectivity index (χ0) is 22.6. The Morgan fingerprint density at radius 2 is 1.97 bits per heavy atom. The van der Waals surface area contributed by atoms with Crippen LogP contribution in [0.2, 0.25) is 0 Å². The Balaban J connectivity index is 1.32. The predicted octanol–water partition coefficient (Wildman–Crippen LogP) is 5.74. The topological polar surface area (TPSA) is 64.2 Å². The fourth-order valence-corrected chi connectivity index (χ4v) is 4.53. The second kappa shape index (κ2) is 9.61. The van der Waals surface area contributed by atoms with Gasteiger partial charge in [0.15, 0.2) is 0 Å². The van der Waals surface area contributed by atoms with Crippen molar-refractivity contribution in [2.45, 2.75) is 32.4 Å². The standard InChI is InChI=1S/C28H30N4O/c1-20-25-9-14-30-28(25)8-7-26(20)31-27-10-13-29-18-23(27)6-5-21-3-2-4-22(17-21)19-32-15-11-24(33)12-16-32/h2-10,13-14,17-18,24,30,33H,11-12,15-16,19H2,1H3,(H,29,31). The molecule has 1 saturated heterocycles. The average molecular weight is 439 g/mol. The molecule has 33 heavy (non-hydrogen) atoms. The van der Waals surface area contributed by atoms with E-state index in [-0.39, 0.29) is 6.10 Å². The van der Waals surface area contributed by atoms with Gasteiger partial charge in [0.2, 0.25) is 0 Å². The summed E-state index contributed by atoms with van der Waals surface area (Å²) in [5.74, 6) is 0. The average Bonchev–Trinajstić information content (AvgIpc) is 3.32. The van der Waals surface area contributed by atoms with E-state index in [2.05, 4.69) is 81.7 Å². The number of aliphatic hydroxyl groups is 1. The van der Waals surface area contributed by atoms with Gasteiger partial charge in [0.05, 0.1) is 6.10 Å². The summed E-state index contributed by atoms with van der Waals surface area (Å²) in [6.45, 7) is 4.98. The molecule has 3 heterocycles. The number of aliphatic hydroxyl groups excluding tert-OH is 1. The normalized spacial score (nSPS) is 15.5. The fourth-order valence-electron chi connectivity index (χ4n) is 4.53. The third kappa shape index (κ3) is 5.00. The summed E-state index contributed by atoms with van der Waals surface area (Å²) in [5, 5.41) is 14.6. The number of fused-ring (bicyclic) bond motifs is 1. The lowest BCUT2D eigenvalue weighted by Crippen LogP contribution is -2.35. The highest BCUT2D eigenvalue weighted by molar-refractivity contribution is 5.89. The number of nitrogens with zero attached hydrogens (tertiary/aromatic N) is 2. The Morgan fingerprint density at radius 1 is 1.09 bits per heavy atom. The molecule has 1 aliphatic heterocycles. The van der Waals surface area contributed by atoms with Gasteiger partial charge in [-0.25, -0.2) is 0 Å².